The maximum Gasteiger partial charge on any atom is 0.321 e. The normalized spacial score (nSPS) is 25.9. The second-order valence-corrected chi connectivity index (χ2v) is 5.78. The van der Waals surface area contributed by atoms with E-state index in [-0.39, 0.29) is 6.03 Å². The number of anilines is 2. The van der Waals surface area contributed by atoms with Gasteiger partial charge in [-0.2, -0.15) is 0 Å². The average molecular weight is 273 g/mol. The van der Waals surface area contributed by atoms with Crippen LogP contribution in [0.15, 0.2) is 24.3 Å². The molecule has 0 radical (unpaired) electrons. The van der Waals surface area contributed by atoms with Gasteiger partial charge in [0.15, 0.2) is 0 Å². The Labute approximate surface area is 120 Å². The SMILES string of the molecule is CCC1CCCC1Nc1cccc(N2CCNC2=O)c1. The molecule has 20 heavy (non-hydrogen) atoms. The maximum atomic E-state index is 11.7. The molecule has 2 N–H and O–H groups in total. The van der Waals surface area contributed by atoms with Crippen molar-refractivity contribution >= 4 is 17.4 Å². The van der Waals surface area contributed by atoms with Crippen LogP contribution >= 0.6 is 0 Å². The van der Waals surface area contributed by atoms with E-state index in [1.54, 1.807) is 4.90 Å². The Morgan fingerprint density at radius 1 is 1.40 bits per heavy atom. The van der Waals surface area contributed by atoms with Crippen LogP contribution in [0, 0.1) is 5.92 Å². The average Bonchev–Trinajstić information content (AvgIpc) is 3.08. The van der Waals surface area contributed by atoms with Crippen LogP contribution in [0.2, 0.25) is 0 Å². The summed E-state index contributed by atoms with van der Waals surface area (Å²) in [5, 5.41) is 6.51. The molecule has 108 valence electrons. The van der Waals surface area contributed by atoms with Crippen LogP contribution in [0.25, 0.3) is 0 Å². The highest BCUT2D eigenvalue weighted by atomic mass is 16.2. The zero-order valence-electron chi connectivity index (χ0n) is 12.1. The number of nitrogens with zero attached hydrogens (tertiary/aromatic N) is 1. The van der Waals surface area contributed by atoms with Crippen LogP contribution in [0.1, 0.15) is 32.6 Å². The predicted octanol–water partition coefficient (Wildman–Crippen LogP) is 3.21. The second kappa shape index (κ2) is 5.73. The summed E-state index contributed by atoms with van der Waals surface area (Å²) < 4.78 is 0. The van der Waals surface area contributed by atoms with Gasteiger partial charge < -0.3 is 10.6 Å². The fraction of sp³-hybridized carbons (Fsp3) is 0.562. The molecule has 4 heteroatoms. The highest BCUT2D eigenvalue weighted by molar-refractivity contribution is 5.94. The molecule has 4 nitrogen and oxygen atoms in total. The van der Waals surface area contributed by atoms with E-state index in [0.717, 1.165) is 30.4 Å². The number of rotatable bonds is 4. The Morgan fingerprint density at radius 3 is 3.05 bits per heavy atom. The van der Waals surface area contributed by atoms with Crippen LogP contribution in [0.4, 0.5) is 16.2 Å². The van der Waals surface area contributed by atoms with Crippen LogP contribution in [-0.4, -0.2) is 25.2 Å². The Morgan fingerprint density at radius 2 is 2.30 bits per heavy atom. The van der Waals surface area contributed by atoms with E-state index in [4.69, 9.17) is 0 Å². The smallest absolute Gasteiger partial charge is 0.321 e. The minimum atomic E-state index is 0.00875. The monoisotopic (exact) mass is 273 g/mol. The van der Waals surface area contributed by atoms with Crippen LogP contribution < -0.4 is 15.5 Å². The molecule has 2 atom stereocenters. The van der Waals surface area contributed by atoms with Crippen LogP contribution in [0.5, 0.6) is 0 Å². The highest BCUT2D eigenvalue weighted by Gasteiger charge is 2.26. The summed E-state index contributed by atoms with van der Waals surface area (Å²) >= 11 is 0. The summed E-state index contributed by atoms with van der Waals surface area (Å²) in [5.41, 5.74) is 2.11. The summed E-state index contributed by atoms with van der Waals surface area (Å²) in [6.07, 6.45) is 5.16. The lowest BCUT2D eigenvalue weighted by Crippen LogP contribution is -2.28. The van der Waals surface area contributed by atoms with Crippen molar-refractivity contribution < 1.29 is 4.79 Å². The van der Waals surface area contributed by atoms with Gasteiger partial charge in [0.25, 0.3) is 0 Å². The van der Waals surface area contributed by atoms with E-state index in [1.807, 2.05) is 12.1 Å². The van der Waals surface area contributed by atoms with Crippen molar-refractivity contribution in [3.8, 4) is 0 Å². The summed E-state index contributed by atoms with van der Waals surface area (Å²) in [6, 6.07) is 8.82. The number of hydrogen-bond acceptors (Lipinski definition) is 2. The van der Waals surface area contributed by atoms with Crippen molar-refractivity contribution in [2.45, 2.75) is 38.6 Å². The van der Waals surface area contributed by atoms with Crippen molar-refractivity contribution in [3.63, 3.8) is 0 Å². The molecule has 2 aliphatic rings. The Balaban J connectivity index is 1.72. The zero-order valence-corrected chi connectivity index (χ0v) is 12.1. The topological polar surface area (TPSA) is 44.4 Å². The molecule has 2 fully saturated rings. The second-order valence-electron chi connectivity index (χ2n) is 5.78. The molecule has 2 unspecified atom stereocenters. The minimum Gasteiger partial charge on any atom is -0.382 e. The van der Waals surface area contributed by atoms with Gasteiger partial charge in [0, 0.05) is 30.5 Å². The lowest BCUT2D eigenvalue weighted by atomic mass is 10.0. The van der Waals surface area contributed by atoms with Crippen LogP contribution in [0.3, 0.4) is 0 Å². The van der Waals surface area contributed by atoms with Gasteiger partial charge in [0.05, 0.1) is 0 Å². The van der Waals surface area contributed by atoms with Gasteiger partial charge in [-0.25, -0.2) is 4.79 Å². The van der Waals surface area contributed by atoms with Crippen molar-refractivity contribution in [1.82, 2.24) is 5.32 Å². The quantitative estimate of drug-likeness (QED) is 0.884. The number of nitrogens with one attached hydrogen (secondary N) is 2. The van der Waals surface area contributed by atoms with Crippen molar-refractivity contribution in [3.05, 3.63) is 24.3 Å². The van der Waals surface area contributed by atoms with Gasteiger partial charge in [-0.05, 0) is 37.0 Å². The van der Waals surface area contributed by atoms with Crippen LogP contribution in [-0.2, 0) is 0 Å². The van der Waals surface area contributed by atoms with E-state index in [9.17, 15) is 4.79 Å². The standard InChI is InChI=1S/C16H23N3O/c1-2-12-5-3-8-15(12)18-13-6-4-7-14(11-13)19-10-9-17-16(19)20/h4,6-7,11-12,15,18H,2-3,5,8-10H2,1H3,(H,17,20). The molecule has 1 aromatic rings. The first-order valence-corrected chi connectivity index (χ1v) is 7.70. The third-order valence-electron chi connectivity index (χ3n) is 4.55. The minimum absolute atomic E-state index is 0.00875. The summed E-state index contributed by atoms with van der Waals surface area (Å²) in [5.74, 6) is 0.786. The lowest BCUT2D eigenvalue weighted by molar-refractivity contribution is 0.252. The molecule has 2 amide bonds. The maximum absolute atomic E-state index is 11.7. The molecule has 1 saturated carbocycles. The molecule has 1 saturated heterocycles. The van der Waals surface area contributed by atoms with E-state index < -0.39 is 0 Å². The first kappa shape index (κ1) is 13.3. The number of urea groups is 1. The fourth-order valence-corrected chi connectivity index (χ4v) is 3.41. The largest absolute Gasteiger partial charge is 0.382 e. The molecular formula is C16H23N3O. The first-order chi connectivity index (χ1) is 9.78. The molecule has 1 heterocycles. The van der Waals surface area contributed by atoms with E-state index >= 15 is 0 Å². The van der Waals surface area contributed by atoms with Crippen molar-refractivity contribution in [2.75, 3.05) is 23.3 Å². The van der Waals surface area contributed by atoms with Gasteiger partial charge in [-0.1, -0.05) is 25.8 Å². The number of benzene rings is 1. The van der Waals surface area contributed by atoms with Crippen molar-refractivity contribution in [2.24, 2.45) is 5.92 Å². The first-order valence-electron chi connectivity index (χ1n) is 7.70. The zero-order chi connectivity index (χ0) is 13.9. The van der Waals surface area contributed by atoms with E-state index in [1.165, 1.54) is 25.7 Å². The third-order valence-corrected chi connectivity index (χ3v) is 4.55. The molecule has 1 aromatic carbocycles. The molecule has 0 aromatic heterocycles. The molecular weight excluding hydrogens is 250 g/mol. The van der Waals surface area contributed by atoms with Crippen molar-refractivity contribution in [1.29, 1.82) is 0 Å². The lowest BCUT2D eigenvalue weighted by Gasteiger charge is -2.22. The summed E-state index contributed by atoms with van der Waals surface area (Å²) in [6.45, 7) is 3.76. The van der Waals surface area contributed by atoms with Gasteiger partial charge in [0.2, 0.25) is 0 Å². The highest BCUT2D eigenvalue weighted by Crippen LogP contribution is 2.31. The van der Waals surface area contributed by atoms with E-state index in [2.05, 4.69) is 29.7 Å². The molecule has 0 spiro atoms. The summed E-state index contributed by atoms with van der Waals surface area (Å²) in [7, 11) is 0. The Kier molecular flexibility index (Phi) is 3.81. The molecule has 0 bridgehead atoms. The van der Waals surface area contributed by atoms with E-state index in [0.29, 0.717) is 6.04 Å². The fourth-order valence-electron chi connectivity index (χ4n) is 3.41. The Hall–Kier alpha value is -1.71. The predicted molar refractivity (Wildman–Crippen MR) is 82.2 cm³/mol. The third kappa shape index (κ3) is 2.60. The number of carbonyl (C=O) groups excluding carboxylic acids is 1. The number of amides is 2. The number of hydrogen-bond donors (Lipinski definition) is 2. The Bertz CT molecular complexity index is 488. The molecule has 3 rings (SSSR count). The van der Waals surface area contributed by atoms with Gasteiger partial charge in [0.1, 0.15) is 0 Å². The molecule has 1 aliphatic heterocycles. The van der Waals surface area contributed by atoms with Gasteiger partial charge in [-0.3, -0.25) is 4.90 Å². The van der Waals surface area contributed by atoms with Gasteiger partial charge in [-0.15, -0.1) is 0 Å². The number of carbonyl (C=O) groups is 1. The molecule has 1 aliphatic carbocycles. The summed E-state index contributed by atoms with van der Waals surface area (Å²) in [4.78, 5) is 13.5. The van der Waals surface area contributed by atoms with Gasteiger partial charge >= 0.3 is 6.03 Å².